The van der Waals surface area contributed by atoms with Crippen LogP contribution < -0.4 is 10.6 Å². The van der Waals surface area contributed by atoms with Gasteiger partial charge in [0.05, 0.1) is 12.8 Å². The molecule has 0 atom stereocenters. The molecule has 0 radical (unpaired) electrons. The number of amides is 1. The molecule has 6 heteroatoms. The Morgan fingerprint density at radius 3 is 2.95 bits per heavy atom. The number of furan rings is 1. The first-order chi connectivity index (χ1) is 10.6. The van der Waals surface area contributed by atoms with Crippen LogP contribution in [-0.4, -0.2) is 5.91 Å². The fourth-order valence-electron chi connectivity index (χ4n) is 1.72. The lowest BCUT2D eigenvalue weighted by atomic mass is 10.2. The number of benzene rings is 1. The number of nitrogens with zero attached hydrogens (tertiary/aromatic N) is 1. The molecule has 5 nitrogen and oxygen atoms in total. The number of nitrogens with one attached hydrogen (secondary N) is 2. The second-order valence-electron chi connectivity index (χ2n) is 4.54. The molecule has 0 aliphatic carbocycles. The fourth-order valence-corrected chi connectivity index (χ4v) is 1.90. The van der Waals surface area contributed by atoms with Gasteiger partial charge in [-0.2, -0.15) is 5.26 Å². The van der Waals surface area contributed by atoms with Crippen LogP contribution >= 0.6 is 11.6 Å². The van der Waals surface area contributed by atoms with Gasteiger partial charge in [-0.1, -0.05) is 17.7 Å². The number of nitriles is 1. The Balaban J connectivity index is 2.02. The molecule has 0 saturated carbocycles. The molecule has 0 unspecified atom stereocenters. The highest BCUT2D eigenvalue weighted by Gasteiger charge is 2.09. The van der Waals surface area contributed by atoms with Crippen molar-refractivity contribution in [1.82, 2.24) is 5.32 Å². The molecule has 0 bridgehead atoms. The summed E-state index contributed by atoms with van der Waals surface area (Å²) in [7, 11) is 0. The average molecular weight is 316 g/mol. The second kappa shape index (κ2) is 7.34. The van der Waals surface area contributed by atoms with Gasteiger partial charge in [-0.15, -0.1) is 0 Å². The molecular weight excluding hydrogens is 302 g/mol. The number of anilines is 1. The third-order valence-corrected chi connectivity index (χ3v) is 3.18. The fraction of sp³-hybridized carbons (Fsp3) is 0.125. The maximum Gasteiger partial charge on any atom is 0.263 e. The summed E-state index contributed by atoms with van der Waals surface area (Å²) in [6.45, 7) is 2.12. The molecule has 112 valence electrons. The van der Waals surface area contributed by atoms with Gasteiger partial charge < -0.3 is 15.1 Å². The van der Waals surface area contributed by atoms with E-state index < -0.39 is 5.91 Å². The summed E-state index contributed by atoms with van der Waals surface area (Å²) in [4.78, 5) is 11.9. The molecule has 22 heavy (non-hydrogen) atoms. The number of carbonyl (C=O) groups excluding carboxylic acids is 1. The van der Waals surface area contributed by atoms with E-state index in [1.54, 1.807) is 24.3 Å². The Bertz CT molecular complexity index is 730. The van der Waals surface area contributed by atoms with Gasteiger partial charge in [0.15, 0.2) is 0 Å². The minimum absolute atomic E-state index is 0.0362. The van der Waals surface area contributed by atoms with Crippen LogP contribution in [0.15, 0.2) is 52.8 Å². The van der Waals surface area contributed by atoms with Crippen molar-refractivity contribution in [3.63, 3.8) is 0 Å². The van der Waals surface area contributed by atoms with Crippen LogP contribution in [0.2, 0.25) is 5.02 Å². The quantitative estimate of drug-likeness (QED) is 0.655. The van der Waals surface area contributed by atoms with E-state index in [9.17, 15) is 4.79 Å². The molecule has 1 heterocycles. The minimum Gasteiger partial charge on any atom is -0.467 e. The molecule has 0 spiro atoms. The standard InChI is InChI=1S/C16H14ClN3O2/c1-11-4-5-13(17)7-15(11)19-9-12(8-18)16(21)20-10-14-3-2-6-22-14/h2-7,9,19H,10H2,1H3,(H,20,21)/b12-9-. The van der Waals surface area contributed by atoms with E-state index in [4.69, 9.17) is 21.3 Å². The molecular formula is C16H14ClN3O2. The summed E-state index contributed by atoms with van der Waals surface area (Å²) in [5.41, 5.74) is 1.65. The summed E-state index contributed by atoms with van der Waals surface area (Å²) < 4.78 is 5.11. The number of hydrogen-bond donors (Lipinski definition) is 2. The van der Waals surface area contributed by atoms with Crippen molar-refractivity contribution in [3.8, 4) is 6.07 Å². The normalized spacial score (nSPS) is 10.9. The first kappa shape index (κ1) is 15.7. The molecule has 0 aliphatic heterocycles. The predicted octanol–water partition coefficient (Wildman–Crippen LogP) is 3.38. The molecule has 0 saturated heterocycles. The summed E-state index contributed by atoms with van der Waals surface area (Å²) in [6.07, 6.45) is 2.88. The van der Waals surface area contributed by atoms with Crippen molar-refractivity contribution < 1.29 is 9.21 Å². The van der Waals surface area contributed by atoms with E-state index in [0.717, 1.165) is 11.3 Å². The third kappa shape index (κ3) is 4.14. The Kier molecular flexibility index (Phi) is 5.23. The van der Waals surface area contributed by atoms with Crippen LogP contribution in [0.3, 0.4) is 0 Å². The highest BCUT2D eigenvalue weighted by molar-refractivity contribution is 6.30. The van der Waals surface area contributed by atoms with Crippen LogP contribution in [0.4, 0.5) is 5.69 Å². The number of hydrogen-bond acceptors (Lipinski definition) is 4. The molecule has 2 aromatic rings. The summed E-state index contributed by atoms with van der Waals surface area (Å²) >= 11 is 5.92. The summed E-state index contributed by atoms with van der Waals surface area (Å²) in [5, 5.41) is 15.2. The molecule has 1 aromatic carbocycles. The van der Waals surface area contributed by atoms with Crippen molar-refractivity contribution in [2.45, 2.75) is 13.5 Å². The second-order valence-corrected chi connectivity index (χ2v) is 4.97. The highest BCUT2D eigenvalue weighted by Crippen LogP contribution is 2.20. The van der Waals surface area contributed by atoms with E-state index in [1.165, 1.54) is 12.5 Å². The monoisotopic (exact) mass is 315 g/mol. The molecule has 0 aliphatic rings. The van der Waals surface area contributed by atoms with Gasteiger partial charge in [0, 0.05) is 16.9 Å². The lowest BCUT2D eigenvalue weighted by molar-refractivity contribution is -0.117. The lowest BCUT2D eigenvalue weighted by Crippen LogP contribution is -2.24. The van der Waals surface area contributed by atoms with Gasteiger partial charge in [0.1, 0.15) is 17.4 Å². The Labute approximate surface area is 133 Å². The maximum absolute atomic E-state index is 11.9. The zero-order valence-electron chi connectivity index (χ0n) is 11.9. The van der Waals surface area contributed by atoms with E-state index in [1.807, 2.05) is 19.1 Å². The first-order valence-corrected chi connectivity index (χ1v) is 6.91. The van der Waals surface area contributed by atoms with Gasteiger partial charge in [0.2, 0.25) is 0 Å². The highest BCUT2D eigenvalue weighted by atomic mass is 35.5. The molecule has 1 aromatic heterocycles. The van der Waals surface area contributed by atoms with Crippen LogP contribution in [-0.2, 0) is 11.3 Å². The van der Waals surface area contributed by atoms with Crippen LogP contribution in [0.25, 0.3) is 0 Å². The zero-order chi connectivity index (χ0) is 15.9. The number of carbonyl (C=O) groups is 1. The Morgan fingerprint density at radius 1 is 1.45 bits per heavy atom. The van der Waals surface area contributed by atoms with Crippen molar-refractivity contribution in [1.29, 1.82) is 5.26 Å². The number of rotatable bonds is 5. The van der Waals surface area contributed by atoms with Gasteiger partial charge in [-0.25, -0.2) is 0 Å². The Hall–Kier alpha value is -2.71. The van der Waals surface area contributed by atoms with Crippen LogP contribution in [0, 0.1) is 18.3 Å². The van der Waals surface area contributed by atoms with Crippen molar-refractivity contribution in [2.24, 2.45) is 0 Å². The maximum atomic E-state index is 11.9. The van der Waals surface area contributed by atoms with E-state index in [-0.39, 0.29) is 12.1 Å². The predicted molar refractivity (Wildman–Crippen MR) is 84.1 cm³/mol. The van der Waals surface area contributed by atoms with Gasteiger partial charge in [-0.3, -0.25) is 4.79 Å². The van der Waals surface area contributed by atoms with Crippen LogP contribution in [0.1, 0.15) is 11.3 Å². The number of halogens is 1. The minimum atomic E-state index is -0.480. The molecule has 1 amide bonds. The molecule has 2 N–H and O–H groups in total. The van der Waals surface area contributed by atoms with Gasteiger partial charge in [-0.05, 0) is 36.8 Å². The Morgan fingerprint density at radius 2 is 2.27 bits per heavy atom. The van der Waals surface area contributed by atoms with Crippen molar-refractivity contribution in [3.05, 3.63) is 64.7 Å². The number of aryl methyl sites for hydroxylation is 1. The van der Waals surface area contributed by atoms with E-state index >= 15 is 0 Å². The van der Waals surface area contributed by atoms with Crippen LogP contribution in [0.5, 0.6) is 0 Å². The smallest absolute Gasteiger partial charge is 0.263 e. The van der Waals surface area contributed by atoms with Gasteiger partial charge >= 0.3 is 0 Å². The SMILES string of the molecule is Cc1ccc(Cl)cc1N/C=C(/C#N)C(=O)NCc1ccco1. The van der Waals surface area contributed by atoms with Crippen molar-refractivity contribution >= 4 is 23.2 Å². The molecule has 0 fully saturated rings. The average Bonchev–Trinajstić information content (AvgIpc) is 3.02. The van der Waals surface area contributed by atoms with Crippen molar-refractivity contribution in [2.75, 3.05) is 5.32 Å². The third-order valence-electron chi connectivity index (χ3n) is 2.94. The first-order valence-electron chi connectivity index (χ1n) is 6.53. The molecule has 2 rings (SSSR count). The summed E-state index contributed by atoms with van der Waals surface area (Å²) in [6, 6.07) is 10.7. The summed E-state index contributed by atoms with van der Waals surface area (Å²) in [5.74, 6) is 0.135. The largest absolute Gasteiger partial charge is 0.467 e. The van der Waals surface area contributed by atoms with Gasteiger partial charge in [0.25, 0.3) is 5.91 Å². The topological polar surface area (TPSA) is 78.1 Å². The van der Waals surface area contributed by atoms with E-state index in [2.05, 4.69) is 10.6 Å². The zero-order valence-corrected chi connectivity index (χ0v) is 12.6. The van der Waals surface area contributed by atoms with E-state index in [0.29, 0.717) is 10.8 Å². The lowest BCUT2D eigenvalue weighted by Gasteiger charge is -2.07.